The van der Waals surface area contributed by atoms with Crippen molar-refractivity contribution >= 4 is 5.95 Å². The van der Waals surface area contributed by atoms with Gasteiger partial charge < -0.3 is 19.5 Å². The van der Waals surface area contributed by atoms with Crippen LogP contribution >= 0.6 is 0 Å². The summed E-state index contributed by atoms with van der Waals surface area (Å²) >= 11 is 0. The van der Waals surface area contributed by atoms with Crippen molar-refractivity contribution in [1.29, 1.82) is 0 Å². The van der Waals surface area contributed by atoms with E-state index in [4.69, 9.17) is 14.2 Å². The van der Waals surface area contributed by atoms with Gasteiger partial charge in [-0.05, 0) is 6.42 Å². The van der Waals surface area contributed by atoms with E-state index in [0.29, 0.717) is 31.6 Å². The van der Waals surface area contributed by atoms with Crippen molar-refractivity contribution in [2.24, 2.45) is 0 Å². The third kappa shape index (κ3) is 5.29. The van der Waals surface area contributed by atoms with Gasteiger partial charge in [0.05, 0.1) is 19.3 Å². The Balaban J connectivity index is 2.45. The van der Waals surface area contributed by atoms with E-state index >= 15 is 0 Å². The molecule has 0 aliphatic carbocycles. The summed E-state index contributed by atoms with van der Waals surface area (Å²) in [5, 5.41) is 3.09. The van der Waals surface area contributed by atoms with Gasteiger partial charge in [-0.1, -0.05) is 6.92 Å². The molecule has 18 heavy (non-hydrogen) atoms. The fourth-order valence-electron chi connectivity index (χ4n) is 1.32. The lowest BCUT2D eigenvalue weighted by Gasteiger charge is -2.15. The molecule has 0 spiro atoms. The van der Waals surface area contributed by atoms with Crippen LogP contribution in [0.1, 0.15) is 13.3 Å². The minimum Gasteiger partial charge on any atom is -0.478 e. The van der Waals surface area contributed by atoms with Gasteiger partial charge in [-0.15, -0.1) is 0 Å². The van der Waals surface area contributed by atoms with Crippen LogP contribution in [0.4, 0.5) is 5.95 Å². The maximum atomic E-state index is 5.43. The first-order chi connectivity index (χ1) is 8.80. The highest BCUT2D eigenvalue weighted by Crippen LogP contribution is 2.08. The Morgan fingerprint density at radius 3 is 2.89 bits per heavy atom. The Bertz CT molecular complexity index is 336. The summed E-state index contributed by atoms with van der Waals surface area (Å²) in [6.07, 6.45) is 2.59. The molecule has 6 nitrogen and oxygen atoms in total. The van der Waals surface area contributed by atoms with E-state index < -0.39 is 0 Å². The van der Waals surface area contributed by atoms with Crippen LogP contribution in [0, 0.1) is 0 Å². The van der Waals surface area contributed by atoms with Crippen molar-refractivity contribution in [3.05, 3.63) is 12.3 Å². The van der Waals surface area contributed by atoms with E-state index in [1.807, 2.05) is 6.92 Å². The number of aromatic nitrogens is 2. The Hall–Kier alpha value is -1.40. The van der Waals surface area contributed by atoms with Crippen LogP contribution in [0.2, 0.25) is 0 Å². The standard InChI is InChI=1S/C12H21N3O3/c1-4-7-18-11-5-6-13-12(15-11)14-8-10(17-3)9-16-2/h5-6,10H,4,7-9H2,1-3H3,(H,13,14,15). The largest absolute Gasteiger partial charge is 0.478 e. The molecule has 1 aromatic rings. The molecule has 6 heteroatoms. The molecule has 1 heterocycles. The zero-order valence-corrected chi connectivity index (χ0v) is 11.2. The van der Waals surface area contributed by atoms with E-state index in [9.17, 15) is 0 Å². The third-order valence-corrected chi connectivity index (χ3v) is 2.26. The zero-order valence-electron chi connectivity index (χ0n) is 11.2. The van der Waals surface area contributed by atoms with Crippen molar-refractivity contribution in [2.45, 2.75) is 19.4 Å². The van der Waals surface area contributed by atoms with Gasteiger partial charge in [-0.2, -0.15) is 4.98 Å². The lowest BCUT2D eigenvalue weighted by atomic mass is 10.4. The van der Waals surface area contributed by atoms with Crippen molar-refractivity contribution in [3.63, 3.8) is 0 Å². The van der Waals surface area contributed by atoms with Gasteiger partial charge in [0.15, 0.2) is 0 Å². The first kappa shape index (κ1) is 14.7. The van der Waals surface area contributed by atoms with Crippen LogP contribution in [0.25, 0.3) is 0 Å². The van der Waals surface area contributed by atoms with Gasteiger partial charge in [0.2, 0.25) is 11.8 Å². The summed E-state index contributed by atoms with van der Waals surface area (Å²) in [6, 6.07) is 1.74. The third-order valence-electron chi connectivity index (χ3n) is 2.26. The second-order valence-corrected chi connectivity index (χ2v) is 3.76. The number of ether oxygens (including phenoxy) is 3. The molecule has 0 bridgehead atoms. The van der Waals surface area contributed by atoms with Gasteiger partial charge in [0.25, 0.3) is 0 Å². The lowest BCUT2D eigenvalue weighted by Crippen LogP contribution is -2.27. The zero-order chi connectivity index (χ0) is 13.2. The van der Waals surface area contributed by atoms with E-state index in [-0.39, 0.29) is 6.10 Å². The maximum absolute atomic E-state index is 5.43. The van der Waals surface area contributed by atoms with Gasteiger partial charge in [0.1, 0.15) is 0 Å². The average molecular weight is 255 g/mol. The van der Waals surface area contributed by atoms with Gasteiger partial charge >= 0.3 is 0 Å². The van der Waals surface area contributed by atoms with Gasteiger partial charge in [0, 0.05) is 33.0 Å². The number of rotatable bonds is 9. The number of hydrogen-bond acceptors (Lipinski definition) is 6. The van der Waals surface area contributed by atoms with Crippen LogP contribution in [0.5, 0.6) is 5.88 Å². The number of nitrogens with one attached hydrogen (secondary N) is 1. The molecule has 1 N–H and O–H groups in total. The molecule has 0 aliphatic heterocycles. The Morgan fingerprint density at radius 1 is 1.39 bits per heavy atom. The van der Waals surface area contributed by atoms with Gasteiger partial charge in [-0.25, -0.2) is 4.98 Å². The Morgan fingerprint density at radius 2 is 2.22 bits per heavy atom. The quantitative estimate of drug-likeness (QED) is 0.718. The molecule has 0 aliphatic rings. The molecule has 1 unspecified atom stereocenters. The molecular formula is C12H21N3O3. The highest BCUT2D eigenvalue weighted by Gasteiger charge is 2.07. The van der Waals surface area contributed by atoms with Crippen LogP contribution < -0.4 is 10.1 Å². The van der Waals surface area contributed by atoms with Crippen molar-refractivity contribution in [1.82, 2.24) is 9.97 Å². The second kappa shape index (κ2) is 8.66. The maximum Gasteiger partial charge on any atom is 0.226 e. The molecule has 0 saturated carbocycles. The van der Waals surface area contributed by atoms with Crippen LogP contribution in [-0.2, 0) is 9.47 Å². The van der Waals surface area contributed by atoms with Crippen molar-refractivity contribution in [3.8, 4) is 5.88 Å². The molecule has 0 fully saturated rings. The molecule has 1 aromatic heterocycles. The van der Waals surface area contributed by atoms with Gasteiger partial charge in [-0.3, -0.25) is 0 Å². The first-order valence-corrected chi connectivity index (χ1v) is 6.01. The smallest absolute Gasteiger partial charge is 0.226 e. The first-order valence-electron chi connectivity index (χ1n) is 6.01. The number of hydrogen-bond donors (Lipinski definition) is 1. The summed E-state index contributed by atoms with van der Waals surface area (Å²) in [5.41, 5.74) is 0. The normalized spacial score (nSPS) is 12.2. The molecule has 1 atom stereocenters. The fraction of sp³-hybridized carbons (Fsp3) is 0.667. The number of anilines is 1. The highest BCUT2D eigenvalue weighted by atomic mass is 16.5. The molecular weight excluding hydrogens is 234 g/mol. The number of methoxy groups -OCH3 is 2. The SMILES string of the molecule is CCCOc1ccnc(NCC(COC)OC)n1. The Kier molecular flexibility index (Phi) is 7.05. The molecule has 0 saturated heterocycles. The van der Waals surface area contributed by atoms with Crippen LogP contribution in [0.3, 0.4) is 0 Å². The summed E-state index contributed by atoms with van der Waals surface area (Å²) in [4.78, 5) is 8.35. The Labute approximate surface area is 108 Å². The van der Waals surface area contributed by atoms with Crippen molar-refractivity contribution in [2.75, 3.05) is 39.3 Å². The monoisotopic (exact) mass is 255 g/mol. The second-order valence-electron chi connectivity index (χ2n) is 3.76. The van der Waals surface area contributed by atoms with E-state index in [0.717, 1.165) is 6.42 Å². The van der Waals surface area contributed by atoms with Crippen molar-refractivity contribution < 1.29 is 14.2 Å². The topological polar surface area (TPSA) is 65.5 Å². The fourth-order valence-corrected chi connectivity index (χ4v) is 1.32. The average Bonchev–Trinajstić information content (AvgIpc) is 2.41. The molecule has 1 rings (SSSR count). The summed E-state index contributed by atoms with van der Waals surface area (Å²) < 4.78 is 15.7. The minimum absolute atomic E-state index is 0.0289. The molecule has 0 radical (unpaired) electrons. The van der Waals surface area contributed by atoms with E-state index in [1.54, 1.807) is 26.5 Å². The molecule has 0 amide bonds. The predicted octanol–water partition coefficient (Wildman–Crippen LogP) is 1.34. The summed E-state index contributed by atoms with van der Waals surface area (Å²) in [6.45, 7) is 3.81. The highest BCUT2D eigenvalue weighted by molar-refractivity contribution is 5.27. The minimum atomic E-state index is -0.0289. The summed E-state index contributed by atoms with van der Waals surface area (Å²) in [5.74, 6) is 1.11. The van der Waals surface area contributed by atoms with Crippen LogP contribution in [0.15, 0.2) is 12.3 Å². The number of nitrogens with zero attached hydrogens (tertiary/aromatic N) is 2. The van der Waals surface area contributed by atoms with E-state index in [1.165, 1.54) is 0 Å². The molecule has 0 aromatic carbocycles. The predicted molar refractivity (Wildman–Crippen MR) is 69.0 cm³/mol. The molecule has 102 valence electrons. The lowest BCUT2D eigenvalue weighted by molar-refractivity contribution is 0.0364. The van der Waals surface area contributed by atoms with E-state index in [2.05, 4.69) is 15.3 Å². The van der Waals surface area contributed by atoms with Crippen LogP contribution in [-0.4, -0.2) is 50.1 Å². The summed E-state index contributed by atoms with van der Waals surface area (Å²) in [7, 11) is 3.29.